The zero-order valence-corrected chi connectivity index (χ0v) is 10.1. The van der Waals surface area contributed by atoms with Crippen molar-refractivity contribution in [2.24, 2.45) is 5.16 Å². The number of rotatable bonds is 4. The molecule has 1 aromatic carbocycles. The van der Waals surface area contributed by atoms with E-state index in [1.54, 1.807) is 6.92 Å². The maximum atomic E-state index is 12.7. The van der Waals surface area contributed by atoms with E-state index in [2.05, 4.69) is 9.99 Å². The van der Waals surface area contributed by atoms with Crippen molar-refractivity contribution in [3.63, 3.8) is 0 Å². The average Bonchev–Trinajstić information content (AvgIpc) is 2.24. The van der Waals surface area contributed by atoms with Crippen molar-refractivity contribution in [3.8, 4) is 0 Å². The van der Waals surface area contributed by atoms with Crippen LogP contribution in [0.5, 0.6) is 0 Å². The number of benzene rings is 1. The Morgan fingerprint density at radius 2 is 1.94 bits per heavy atom. The summed E-state index contributed by atoms with van der Waals surface area (Å²) in [7, 11) is 0. The third kappa shape index (κ3) is 4.46. The van der Waals surface area contributed by atoms with Gasteiger partial charge in [0.2, 0.25) is 5.94 Å². The van der Waals surface area contributed by atoms with Gasteiger partial charge in [0.05, 0.1) is 0 Å². The van der Waals surface area contributed by atoms with E-state index in [-0.39, 0.29) is 5.56 Å². The second-order valence-electron chi connectivity index (χ2n) is 3.37. The molecule has 0 bridgehead atoms. The fraction of sp³-hybridized carbons (Fsp3) is 0.300. The predicted molar refractivity (Wildman–Crippen MR) is 60.5 cm³/mol. The van der Waals surface area contributed by atoms with Crippen LogP contribution in [-0.4, -0.2) is 26.6 Å². The molecule has 8 heteroatoms. The van der Waals surface area contributed by atoms with Crippen LogP contribution in [0.2, 0.25) is 0 Å². The summed E-state index contributed by atoms with van der Waals surface area (Å²) < 4.78 is 56.7. The quantitative estimate of drug-likeness (QED) is 0.524. The molecule has 4 nitrogen and oxygen atoms in total. The maximum absolute atomic E-state index is 12.7. The smallest absolute Gasteiger partial charge is 0.379 e. The third-order valence-corrected chi connectivity index (χ3v) is 2.21. The van der Waals surface area contributed by atoms with Crippen LogP contribution < -0.4 is 0 Å². The molecule has 0 saturated heterocycles. The lowest BCUT2D eigenvalue weighted by Crippen LogP contribution is -2.24. The molecule has 0 aliphatic carbocycles. The highest BCUT2D eigenvalue weighted by molar-refractivity contribution is 7.79. The highest BCUT2D eigenvalue weighted by Gasteiger charge is 2.37. The van der Waals surface area contributed by atoms with Gasteiger partial charge in [0.1, 0.15) is 0 Å². The van der Waals surface area contributed by atoms with Gasteiger partial charge in [0, 0.05) is 5.56 Å². The van der Waals surface area contributed by atoms with Gasteiger partial charge in [0.15, 0.2) is 16.8 Å². The molecule has 0 heterocycles. The molecule has 0 aliphatic heterocycles. The monoisotopic (exact) mass is 281 g/mol. The Hall–Kier alpha value is -1.41. The number of halogens is 3. The van der Waals surface area contributed by atoms with Crippen LogP contribution in [0.3, 0.4) is 0 Å². The normalized spacial score (nSPS) is 14.4. The van der Waals surface area contributed by atoms with Gasteiger partial charge in [-0.2, -0.15) is 13.2 Å². The van der Waals surface area contributed by atoms with Crippen molar-refractivity contribution in [2.75, 3.05) is 5.94 Å². The minimum Gasteiger partial charge on any atom is -0.379 e. The van der Waals surface area contributed by atoms with Crippen LogP contribution in [0.1, 0.15) is 11.1 Å². The van der Waals surface area contributed by atoms with Crippen molar-refractivity contribution in [3.05, 3.63) is 35.4 Å². The summed E-state index contributed by atoms with van der Waals surface area (Å²) in [4.78, 5) is 4.19. The van der Waals surface area contributed by atoms with E-state index in [0.29, 0.717) is 0 Å². The fourth-order valence-corrected chi connectivity index (χ4v) is 1.26. The second-order valence-corrected chi connectivity index (χ2v) is 4.25. The van der Waals surface area contributed by atoms with Crippen LogP contribution in [-0.2, 0) is 15.9 Å². The first kappa shape index (κ1) is 14.7. The molecule has 18 heavy (non-hydrogen) atoms. The van der Waals surface area contributed by atoms with E-state index in [9.17, 15) is 17.4 Å². The van der Waals surface area contributed by atoms with Gasteiger partial charge in [-0.15, -0.1) is 0 Å². The molecular weight excluding hydrogens is 271 g/mol. The molecule has 0 saturated carbocycles. The van der Waals surface area contributed by atoms with Crippen molar-refractivity contribution in [2.45, 2.75) is 13.1 Å². The minimum atomic E-state index is -4.70. The first-order valence-corrected chi connectivity index (χ1v) is 6.00. The van der Waals surface area contributed by atoms with Crippen LogP contribution in [0, 0.1) is 6.92 Å². The molecule has 1 N–H and O–H groups in total. The fourth-order valence-electron chi connectivity index (χ4n) is 1.12. The summed E-state index contributed by atoms with van der Waals surface area (Å²) in [6.07, 6.45) is -4.70. The SMILES string of the molecule is Cc1ccc(C(=NOCS(=O)O)C(F)(F)F)cc1. The second kappa shape index (κ2) is 5.96. The minimum absolute atomic E-state index is 0.170. The molecule has 1 unspecified atom stereocenters. The number of alkyl halides is 3. The molecule has 0 aromatic heterocycles. The van der Waals surface area contributed by atoms with Gasteiger partial charge in [-0.05, 0) is 6.92 Å². The summed E-state index contributed by atoms with van der Waals surface area (Å²) in [5.74, 6) is -0.814. The lowest BCUT2D eigenvalue weighted by atomic mass is 10.1. The molecular formula is C10H10F3NO3S. The summed E-state index contributed by atoms with van der Waals surface area (Å²) in [5.41, 5.74) is -0.609. The molecule has 0 amide bonds. The molecule has 1 atom stereocenters. The van der Waals surface area contributed by atoms with Crippen LogP contribution in [0.4, 0.5) is 13.2 Å². The van der Waals surface area contributed by atoms with Crippen LogP contribution >= 0.6 is 0 Å². The third-order valence-electron chi connectivity index (χ3n) is 1.90. The highest BCUT2D eigenvalue weighted by Crippen LogP contribution is 2.23. The number of nitrogens with zero attached hydrogens (tertiary/aromatic N) is 1. The lowest BCUT2D eigenvalue weighted by Gasteiger charge is -2.10. The molecule has 1 rings (SSSR count). The van der Waals surface area contributed by atoms with Crippen LogP contribution in [0.25, 0.3) is 0 Å². The highest BCUT2D eigenvalue weighted by atomic mass is 32.2. The Morgan fingerprint density at radius 1 is 1.39 bits per heavy atom. The zero-order valence-electron chi connectivity index (χ0n) is 9.27. The van der Waals surface area contributed by atoms with E-state index in [1.807, 2.05) is 0 Å². The summed E-state index contributed by atoms with van der Waals surface area (Å²) in [5, 5.41) is 2.87. The van der Waals surface area contributed by atoms with Gasteiger partial charge in [-0.1, -0.05) is 35.0 Å². The molecule has 0 radical (unpaired) electrons. The largest absolute Gasteiger partial charge is 0.437 e. The average molecular weight is 281 g/mol. The van der Waals surface area contributed by atoms with E-state index in [4.69, 9.17) is 4.55 Å². The maximum Gasteiger partial charge on any atom is 0.437 e. The van der Waals surface area contributed by atoms with Gasteiger partial charge in [0.25, 0.3) is 0 Å². The first-order valence-electron chi connectivity index (χ1n) is 4.72. The van der Waals surface area contributed by atoms with Crippen molar-refractivity contribution in [1.29, 1.82) is 0 Å². The molecule has 0 aliphatic rings. The van der Waals surface area contributed by atoms with Crippen molar-refractivity contribution >= 4 is 16.8 Å². The number of hydrogen-bond donors (Lipinski definition) is 1. The molecule has 0 fully saturated rings. The number of hydrogen-bond acceptors (Lipinski definition) is 3. The Kier molecular flexibility index (Phi) is 4.85. The van der Waals surface area contributed by atoms with E-state index in [1.165, 1.54) is 24.3 Å². The number of aryl methyl sites for hydroxylation is 1. The van der Waals surface area contributed by atoms with Gasteiger partial charge in [-0.3, -0.25) is 0 Å². The molecule has 1 aromatic rings. The zero-order chi connectivity index (χ0) is 13.8. The predicted octanol–water partition coefficient (Wildman–Crippen LogP) is 2.46. The van der Waals surface area contributed by atoms with E-state index < -0.39 is 28.9 Å². The van der Waals surface area contributed by atoms with Gasteiger partial charge in [-0.25, -0.2) is 4.21 Å². The number of oxime groups is 1. The van der Waals surface area contributed by atoms with Crippen molar-refractivity contribution in [1.82, 2.24) is 0 Å². The van der Waals surface area contributed by atoms with E-state index in [0.717, 1.165) is 5.56 Å². The van der Waals surface area contributed by atoms with Gasteiger partial charge >= 0.3 is 6.18 Å². The van der Waals surface area contributed by atoms with Crippen molar-refractivity contribution < 1.29 is 26.8 Å². The standard InChI is InChI=1S/C10H10F3NO3S/c1-7-2-4-8(5-3-7)9(10(11,12)13)14-17-6-18(15)16/h2-5H,6H2,1H3,(H,15,16). The Balaban J connectivity index is 2.99. The molecule has 0 spiro atoms. The van der Waals surface area contributed by atoms with E-state index >= 15 is 0 Å². The summed E-state index contributed by atoms with van der Waals surface area (Å²) in [6, 6.07) is 5.50. The Labute approximate surface area is 104 Å². The Bertz CT molecular complexity index is 456. The summed E-state index contributed by atoms with van der Waals surface area (Å²) >= 11 is -2.37. The Morgan fingerprint density at radius 3 is 2.39 bits per heavy atom. The summed E-state index contributed by atoms with van der Waals surface area (Å²) in [6.45, 7) is 1.74. The van der Waals surface area contributed by atoms with Gasteiger partial charge < -0.3 is 9.39 Å². The first-order chi connectivity index (χ1) is 8.30. The molecule has 100 valence electrons. The lowest BCUT2D eigenvalue weighted by molar-refractivity contribution is -0.0610. The van der Waals surface area contributed by atoms with Crippen LogP contribution in [0.15, 0.2) is 29.4 Å². The topological polar surface area (TPSA) is 58.9 Å².